The molecule has 0 radical (unpaired) electrons. The van der Waals surface area contributed by atoms with Gasteiger partial charge >= 0.3 is 0 Å². The first-order chi connectivity index (χ1) is 18.1. The molecular weight excluding hydrogens is 472 g/mol. The van der Waals surface area contributed by atoms with Crippen molar-refractivity contribution in [1.29, 1.82) is 0 Å². The third kappa shape index (κ3) is 4.96. The Balaban J connectivity index is 1.24. The van der Waals surface area contributed by atoms with Crippen LogP contribution in [-0.4, -0.2) is 37.0 Å². The van der Waals surface area contributed by atoms with Gasteiger partial charge in [-0.3, -0.25) is 4.79 Å². The summed E-state index contributed by atoms with van der Waals surface area (Å²) in [6.07, 6.45) is 8.92. The van der Waals surface area contributed by atoms with Crippen molar-refractivity contribution in [1.82, 2.24) is 4.90 Å². The lowest BCUT2D eigenvalue weighted by molar-refractivity contribution is 0.0746. The molecule has 37 heavy (non-hydrogen) atoms. The van der Waals surface area contributed by atoms with Crippen LogP contribution in [0.25, 0.3) is 11.6 Å². The number of carbonyl (C=O) groups is 1. The van der Waals surface area contributed by atoms with E-state index in [9.17, 15) is 4.79 Å². The fourth-order valence-corrected chi connectivity index (χ4v) is 7.34. The Morgan fingerprint density at radius 1 is 0.838 bits per heavy atom. The van der Waals surface area contributed by atoms with Gasteiger partial charge < -0.3 is 9.80 Å². The van der Waals surface area contributed by atoms with Crippen molar-refractivity contribution >= 4 is 35.0 Å². The van der Waals surface area contributed by atoms with E-state index in [4.69, 9.17) is 0 Å². The second-order valence-electron chi connectivity index (χ2n) is 10.9. The quantitative estimate of drug-likeness (QED) is 0.360. The summed E-state index contributed by atoms with van der Waals surface area (Å²) in [6.45, 7) is 7.58. The molecule has 3 aromatic carbocycles. The van der Waals surface area contributed by atoms with Crippen LogP contribution in [0.1, 0.15) is 64.7 Å². The maximum absolute atomic E-state index is 13.6. The maximum Gasteiger partial charge on any atom is 0.253 e. The van der Waals surface area contributed by atoms with Gasteiger partial charge in [0.2, 0.25) is 0 Å². The van der Waals surface area contributed by atoms with Crippen LogP contribution in [0.3, 0.4) is 0 Å². The first-order valence-electron chi connectivity index (χ1n) is 13.8. The standard InChI is InChI=1S/C33H36N2OS/c1-23-12-14-30(24(2)20-23)34-16-18-35(19-17-34)33(36)26-13-15-31-27(21-26)22-29(25-8-4-3-5-9-25)28-10-6-7-11-32(28)37-31/h6-7,10-15,20-22,25H,3-5,8-9,16-19H2,1-2H3. The van der Waals surface area contributed by atoms with Gasteiger partial charge in [-0.05, 0) is 91.3 Å². The molecule has 3 aliphatic rings. The number of hydrogen-bond acceptors (Lipinski definition) is 3. The zero-order valence-corrected chi connectivity index (χ0v) is 22.8. The minimum Gasteiger partial charge on any atom is -0.368 e. The summed E-state index contributed by atoms with van der Waals surface area (Å²) in [7, 11) is 0. The second-order valence-corrected chi connectivity index (χ2v) is 11.9. The highest BCUT2D eigenvalue weighted by atomic mass is 32.2. The molecule has 0 bridgehead atoms. The zero-order chi connectivity index (χ0) is 25.4. The zero-order valence-electron chi connectivity index (χ0n) is 22.0. The van der Waals surface area contributed by atoms with Crippen LogP contribution in [0.5, 0.6) is 0 Å². The lowest BCUT2D eigenvalue weighted by Gasteiger charge is -2.37. The van der Waals surface area contributed by atoms with Crippen molar-refractivity contribution in [2.45, 2.75) is 55.7 Å². The van der Waals surface area contributed by atoms with Crippen molar-refractivity contribution in [3.63, 3.8) is 0 Å². The van der Waals surface area contributed by atoms with Gasteiger partial charge in [0, 0.05) is 47.2 Å². The van der Waals surface area contributed by atoms with Crippen LogP contribution < -0.4 is 4.90 Å². The summed E-state index contributed by atoms with van der Waals surface area (Å²) >= 11 is 1.84. The fourth-order valence-electron chi connectivity index (χ4n) is 6.29. The molecule has 2 fully saturated rings. The number of carbonyl (C=O) groups excluding carboxylic acids is 1. The van der Waals surface area contributed by atoms with Crippen LogP contribution in [0.15, 0.2) is 70.5 Å². The van der Waals surface area contributed by atoms with Crippen molar-refractivity contribution in [3.8, 4) is 0 Å². The number of aryl methyl sites for hydroxylation is 2. The Bertz CT molecular complexity index is 1350. The molecule has 0 N–H and O–H groups in total. The number of hydrogen-bond donors (Lipinski definition) is 0. The summed E-state index contributed by atoms with van der Waals surface area (Å²) in [5.41, 5.74) is 8.75. The molecule has 1 aliphatic carbocycles. The molecule has 1 saturated heterocycles. The second kappa shape index (κ2) is 10.4. The van der Waals surface area contributed by atoms with Crippen LogP contribution in [0.4, 0.5) is 5.69 Å². The Morgan fingerprint density at radius 3 is 2.41 bits per heavy atom. The van der Waals surface area contributed by atoms with Crippen molar-refractivity contribution in [3.05, 3.63) is 88.5 Å². The molecule has 1 amide bonds. The highest BCUT2D eigenvalue weighted by molar-refractivity contribution is 7.99. The number of fused-ring (bicyclic) bond motifs is 2. The first-order valence-corrected chi connectivity index (χ1v) is 14.6. The number of piperazine rings is 1. The first kappa shape index (κ1) is 24.4. The van der Waals surface area contributed by atoms with E-state index in [1.807, 2.05) is 22.7 Å². The van der Waals surface area contributed by atoms with E-state index in [-0.39, 0.29) is 5.91 Å². The lowest BCUT2D eigenvalue weighted by atomic mass is 9.80. The van der Waals surface area contributed by atoms with Crippen molar-refractivity contribution in [2.24, 2.45) is 5.92 Å². The predicted molar refractivity (Wildman–Crippen MR) is 155 cm³/mol. The number of anilines is 1. The fraction of sp³-hybridized carbons (Fsp3) is 0.364. The molecule has 2 heterocycles. The lowest BCUT2D eigenvalue weighted by Crippen LogP contribution is -2.49. The Labute approximate surface area is 225 Å². The van der Waals surface area contributed by atoms with E-state index in [0.717, 1.165) is 31.7 Å². The van der Waals surface area contributed by atoms with E-state index in [1.54, 1.807) is 0 Å². The topological polar surface area (TPSA) is 23.6 Å². The van der Waals surface area contributed by atoms with E-state index >= 15 is 0 Å². The number of allylic oxidation sites excluding steroid dienone is 1. The molecule has 6 rings (SSSR count). The molecular formula is C33H36N2OS. The summed E-state index contributed by atoms with van der Waals surface area (Å²) < 4.78 is 0. The summed E-state index contributed by atoms with van der Waals surface area (Å²) in [4.78, 5) is 20.6. The highest BCUT2D eigenvalue weighted by Gasteiger charge is 2.26. The molecule has 3 aromatic rings. The average molecular weight is 509 g/mol. The van der Waals surface area contributed by atoms with E-state index in [1.165, 1.54) is 75.4 Å². The van der Waals surface area contributed by atoms with Crippen molar-refractivity contribution < 1.29 is 4.79 Å². The predicted octanol–water partition coefficient (Wildman–Crippen LogP) is 7.85. The number of benzene rings is 3. The van der Waals surface area contributed by atoms with Gasteiger partial charge in [-0.2, -0.15) is 0 Å². The van der Waals surface area contributed by atoms with Gasteiger partial charge in [-0.15, -0.1) is 0 Å². The van der Waals surface area contributed by atoms with Gasteiger partial charge in [0.15, 0.2) is 0 Å². The van der Waals surface area contributed by atoms with Crippen LogP contribution in [-0.2, 0) is 0 Å². The van der Waals surface area contributed by atoms with E-state index < -0.39 is 0 Å². The molecule has 1 saturated carbocycles. The Morgan fingerprint density at radius 2 is 1.62 bits per heavy atom. The van der Waals surface area contributed by atoms with Gasteiger partial charge in [0.1, 0.15) is 0 Å². The third-order valence-electron chi connectivity index (χ3n) is 8.29. The van der Waals surface area contributed by atoms with Crippen LogP contribution >= 0.6 is 11.8 Å². The molecule has 4 heteroatoms. The van der Waals surface area contributed by atoms with Gasteiger partial charge in [0.05, 0.1) is 0 Å². The monoisotopic (exact) mass is 508 g/mol. The normalized spacial score (nSPS) is 18.1. The van der Waals surface area contributed by atoms with E-state index in [0.29, 0.717) is 5.92 Å². The molecule has 0 aromatic heterocycles. The van der Waals surface area contributed by atoms with Crippen LogP contribution in [0, 0.1) is 19.8 Å². The smallest absolute Gasteiger partial charge is 0.253 e. The molecule has 0 unspecified atom stereocenters. The van der Waals surface area contributed by atoms with Gasteiger partial charge in [-0.1, -0.05) is 66.9 Å². The maximum atomic E-state index is 13.6. The molecule has 190 valence electrons. The largest absolute Gasteiger partial charge is 0.368 e. The minimum atomic E-state index is 0.155. The number of nitrogens with zero attached hydrogens (tertiary/aromatic N) is 2. The molecule has 2 aliphatic heterocycles. The minimum absolute atomic E-state index is 0.155. The molecule has 0 spiro atoms. The highest BCUT2D eigenvalue weighted by Crippen LogP contribution is 2.46. The van der Waals surface area contributed by atoms with Crippen LogP contribution in [0.2, 0.25) is 0 Å². The third-order valence-corrected chi connectivity index (χ3v) is 9.46. The summed E-state index contributed by atoms with van der Waals surface area (Å²) in [6, 6.07) is 21.8. The Kier molecular flexibility index (Phi) is 6.86. The van der Waals surface area contributed by atoms with Gasteiger partial charge in [0.25, 0.3) is 5.91 Å². The molecule has 3 nitrogen and oxygen atoms in total. The van der Waals surface area contributed by atoms with Gasteiger partial charge in [-0.25, -0.2) is 0 Å². The van der Waals surface area contributed by atoms with E-state index in [2.05, 4.69) is 79.4 Å². The SMILES string of the molecule is Cc1ccc(N2CCN(C(=O)c3ccc4c(c3)C=C(C3CCCCC3)c3ccccc3S4)CC2)c(C)c1. The number of rotatable bonds is 3. The van der Waals surface area contributed by atoms with Crippen molar-refractivity contribution in [2.75, 3.05) is 31.1 Å². The summed E-state index contributed by atoms with van der Waals surface area (Å²) in [5, 5.41) is 0. The summed E-state index contributed by atoms with van der Waals surface area (Å²) in [5.74, 6) is 0.765. The number of amides is 1. The Hall–Kier alpha value is -2.98. The molecule has 0 atom stereocenters. The average Bonchev–Trinajstić information content (AvgIpc) is 3.10.